The molecule has 0 saturated carbocycles. The number of nitrogens with two attached hydrogens (primary N) is 1. The Kier molecular flexibility index (Phi) is 5.48. The van der Waals surface area contributed by atoms with Crippen molar-refractivity contribution in [2.45, 2.75) is 32.7 Å². The van der Waals surface area contributed by atoms with Gasteiger partial charge in [-0.1, -0.05) is 13.3 Å². The number of nitrogens with zero attached hydrogens (tertiary/aromatic N) is 1. The van der Waals surface area contributed by atoms with Gasteiger partial charge < -0.3 is 10.5 Å². The topological polar surface area (TPSA) is 90.1 Å². The van der Waals surface area contributed by atoms with Gasteiger partial charge in [0.05, 0.1) is 0 Å². The van der Waals surface area contributed by atoms with Crippen molar-refractivity contribution in [2.75, 3.05) is 18.9 Å². The Morgan fingerprint density at radius 1 is 1.35 bits per heavy atom. The van der Waals surface area contributed by atoms with Gasteiger partial charge in [0.15, 0.2) is 0 Å². The van der Waals surface area contributed by atoms with Gasteiger partial charge in [0.25, 0.3) is 5.56 Å². The van der Waals surface area contributed by atoms with E-state index in [4.69, 9.17) is 10.5 Å². The average Bonchev–Trinajstić information content (AvgIpc) is 2.26. The standard InChI is InChI=1S/C11H19N3O3/c1-2-3-6-17-7-4-5-14-9(12)8-10(15)13-11(14)16/h8H,2-7,12H2,1H3,(H,13,15,16). The van der Waals surface area contributed by atoms with Gasteiger partial charge in [-0.2, -0.15) is 0 Å². The Balaban J connectivity index is 2.42. The van der Waals surface area contributed by atoms with E-state index < -0.39 is 11.2 Å². The Bertz CT molecular complexity index is 450. The number of nitrogen functional groups attached to an aromatic ring is 1. The molecule has 0 aromatic carbocycles. The number of rotatable bonds is 7. The van der Waals surface area contributed by atoms with Gasteiger partial charge in [-0.3, -0.25) is 14.3 Å². The highest BCUT2D eigenvalue weighted by molar-refractivity contribution is 5.25. The van der Waals surface area contributed by atoms with Crippen LogP contribution in [0.3, 0.4) is 0 Å². The third kappa shape index (κ3) is 4.44. The van der Waals surface area contributed by atoms with Crippen molar-refractivity contribution in [2.24, 2.45) is 0 Å². The van der Waals surface area contributed by atoms with Crippen LogP contribution < -0.4 is 17.0 Å². The summed E-state index contributed by atoms with van der Waals surface area (Å²) in [4.78, 5) is 24.5. The number of anilines is 1. The van der Waals surface area contributed by atoms with Crippen molar-refractivity contribution in [3.63, 3.8) is 0 Å². The highest BCUT2D eigenvalue weighted by Gasteiger charge is 2.02. The Labute approximate surface area is 99.4 Å². The molecule has 0 amide bonds. The molecule has 1 heterocycles. The van der Waals surface area contributed by atoms with E-state index in [-0.39, 0.29) is 5.82 Å². The first-order valence-electron chi connectivity index (χ1n) is 5.82. The van der Waals surface area contributed by atoms with E-state index in [2.05, 4.69) is 11.9 Å². The second-order valence-corrected chi connectivity index (χ2v) is 3.83. The van der Waals surface area contributed by atoms with E-state index in [1.165, 1.54) is 10.6 Å². The van der Waals surface area contributed by atoms with E-state index in [0.29, 0.717) is 19.6 Å². The van der Waals surface area contributed by atoms with Crippen molar-refractivity contribution < 1.29 is 4.74 Å². The summed E-state index contributed by atoms with van der Waals surface area (Å²) in [6, 6.07) is 1.21. The highest BCUT2D eigenvalue weighted by atomic mass is 16.5. The molecule has 0 saturated heterocycles. The molecule has 3 N–H and O–H groups in total. The van der Waals surface area contributed by atoms with Crippen molar-refractivity contribution in [3.8, 4) is 0 Å². The van der Waals surface area contributed by atoms with Gasteiger partial charge in [-0.25, -0.2) is 4.79 Å². The third-order valence-electron chi connectivity index (χ3n) is 2.38. The fourth-order valence-corrected chi connectivity index (χ4v) is 1.44. The van der Waals surface area contributed by atoms with Crippen LogP contribution in [-0.4, -0.2) is 22.8 Å². The van der Waals surface area contributed by atoms with E-state index >= 15 is 0 Å². The molecule has 17 heavy (non-hydrogen) atoms. The SMILES string of the molecule is CCCCOCCCn1c(N)cc(=O)[nH]c1=O. The van der Waals surface area contributed by atoms with Gasteiger partial charge in [0, 0.05) is 25.8 Å². The molecule has 1 rings (SSSR count). The lowest BCUT2D eigenvalue weighted by molar-refractivity contribution is 0.126. The molecule has 0 fully saturated rings. The number of unbranched alkanes of at least 4 members (excludes halogenated alkanes) is 1. The zero-order valence-corrected chi connectivity index (χ0v) is 10.1. The minimum Gasteiger partial charge on any atom is -0.385 e. The second-order valence-electron chi connectivity index (χ2n) is 3.83. The lowest BCUT2D eigenvalue weighted by Gasteiger charge is -2.08. The lowest BCUT2D eigenvalue weighted by atomic mass is 10.3. The lowest BCUT2D eigenvalue weighted by Crippen LogP contribution is -2.31. The van der Waals surface area contributed by atoms with Crippen LogP contribution in [0, 0.1) is 0 Å². The zero-order chi connectivity index (χ0) is 12.7. The summed E-state index contributed by atoms with van der Waals surface area (Å²) in [6.45, 7) is 3.88. The van der Waals surface area contributed by atoms with Crippen LogP contribution in [0.4, 0.5) is 5.82 Å². The fraction of sp³-hybridized carbons (Fsp3) is 0.636. The van der Waals surface area contributed by atoms with Gasteiger partial charge in [0.2, 0.25) is 0 Å². The summed E-state index contributed by atoms with van der Waals surface area (Å²) in [7, 11) is 0. The molecule has 6 nitrogen and oxygen atoms in total. The Morgan fingerprint density at radius 2 is 2.06 bits per heavy atom. The number of aromatic amines is 1. The molecule has 0 aliphatic rings. The van der Waals surface area contributed by atoms with Gasteiger partial charge >= 0.3 is 5.69 Å². The second kappa shape index (κ2) is 6.90. The summed E-state index contributed by atoms with van der Waals surface area (Å²) >= 11 is 0. The minimum atomic E-state index is -0.469. The maximum absolute atomic E-state index is 11.4. The zero-order valence-electron chi connectivity index (χ0n) is 10.1. The quantitative estimate of drug-likeness (QED) is 0.673. The maximum atomic E-state index is 11.4. The monoisotopic (exact) mass is 241 g/mol. The number of hydrogen-bond donors (Lipinski definition) is 2. The number of hydrogen-bond acceptors (Lipinski definition) is 4. The maximum Gasteiger partial charge on any atom is 0.329 e. The normalized spacial score (nSPS) is 10.6. The molecule has 96 valence electrons. The first kappa shape index (κ1) is 13.5. The Morgan fingerprint density at radius 3 is 2.71 bits per heavy atom. The summed E-state index contributed by atoms with van der Waals surface area (Å²) in [5.74, 6) is 0.187. The summed E-state index contributed by atoms with van der Waals surface area (Å²) in [5, 5.41) is 0. The number of ether oxygens (including phenoxy) is 1. The van der Waals surface area contributed by atoms with Gasteiger partial charge in [-0.05, 0) is 12.8 Å². The third-order valence-corrected chi connectivity index (χ3v) is 2.38. The first-order chi connectivity index (χ1) is 8.15. The van der Waals surface area contributed by atoms with E-state index in [0.717, 1.165) is 19.4 Å². The molecule has 0 unspecified atom stereocenters. The molecule has 0 aliphatic carbocycles. The largest absolute Gasteiger partial charge is 0.385 e. The van der Waals surface area contributed by atoms with Crippen LogP contribution in [0.15, 0.2) is 15.7 Å². The van der Waals surface area contributed by atoms with Crippen molar-refractivity contribution in [1.29, 1.82) is 0 Å². The van der Waals surface area contributed by atoms with Crippen LogP contribution in [0.2, 0.25) is 0 Å². The average molecular weight is 241 g/mol. The molecule has 0 bridgehead atoms. The van der Waals surface area contributed by atoms with E-state index in [1.54, 1.807) is 0 Å². The predicted molar refractivity (Wildman–Crippen MR) is 66.1 cm³/mol. The van der Waals surface area contributed by atoms with Gasteiger partial charge in [0.1, 0.15) is 5.82 Å². The summed E-state index contributed by atoms with van der Waals surface area (Å²) in [5.41, 5.74) is 4.65. The molecule has 0 atom stereocenters. The number of nitrogens with one attached hydrogen (secondary N) is 1. The van der Waals surface area contributed by atoms with E-state index in [1.807, 2.05) is 0 Å². The summed E-state index contributed by atoms with van der Waals surface area (Å²) in [6.07, 6.45) is 2.84. The molecule has 1 aromatic heterocycles. The molecule has 0 spiro atoms. The Hall–Kier alpha value is -1.56. The molecule has 1 aromatic rings. The van der Waals surface area contributed by atoms with Gasteiger partial charge in [-0.15, -0.1) is 0 Å². The smallest absolute Gasteiger partial charge is 0.329 e. The number of aromatic nitrogens is 2. The molecular formula is C11H19N3O3. The van der Waals surface area contributed by atoms with Crippen LogP contribution in [0.5, 0.6) is 0 Å². The highest BCUT2D eigenvalue weighted by Crippen LogP contribution is 1.96. The molecule has 6 heteroatoms. The summed E-state index contributed by atoms with van der Waals surface area (Å²) < 4.78 is 6.71. The van der Waals surface area contributed by atoms with Crippen molar-refractivity contribution >= 4 is 5.82 Å². The van der Waals surface area contributed by atoms with Crippen LogP contribution >= 0.6 is 0 Å². The molecule has 0 aliphatic heterocycles. The molecule has 0 radical (unpaired) electrons. The first-order valence-corrected chi connectivity index (χ1v) is 5.82. The number of H-pyrrole nitrogens is 1. The van der Waals surface area contributed by atoms with E-state index in [9.17, 15) is 9.59 Å². The van der Waals surface area contributed by atoms with Crippen LogP contribution in [0.25, 0.3) is 0 Å². The van der Waals surface area contributed by atoms with Crippen LogP contribution in [0.1, 0.15) is 26.2 Å². The molecular weight excluding hydrogens is 222 g/mol. The van der Waals surface area contributed by atoms with Crippen LogP contribution in [-0.2, 0) is 11.3 Å². The minimum absolute atomic E-state index is 0.187. The fourth-order valence-electron chi connectivity index (χ4n) is 1.44. The van der Waals surface area contributed by atoms with Crippen molar-refractivity contribution in [3.05, 3.63) is 26.9 Å². The van der Waals surface area contributed by atoms with Crippen molar-refractivity contribution in [1.82, 2.24) is 9.55 Å². The predicted octanol–water partition coefficient (Wildman–Crippen LogP) is 0.326.